The zero-order valence-corrected chi connectivity index (χ0v) is 19.7. The molecule has 1 aromatic carbocycles. The number of pyridine rings is 1. The number of hydrogen-bond acceptors (Lipinski definition) is 8. The van der Waals surface area contributed by atoms with Gasteiger partial charge in [-0.15, -0.1) is 0 Å². The summed E-state index contributed by atoms with van der Waals surface area (Å²) in [5.41, 5.74) is 8.61. The van der Waals surface area contributed by atoms with Crippen LogP contribution in [0.25, 0.3) is 22.6 Å². The molecule has 0 bridgehead atoms. The van der Waals surface area contributed by atoms with Crippen LogP contribution in [0.3, 0.4) is 0 Å². The van der Waals surface area contributed by atoms with Crippen molar-refractivity contribution in [3.63, 3.8) is 0 Å². The van der Waals surface area contributed by atoms with Crippen molar-refractivity contribution in [2.45, 2.75) is 26.3 Å². The second kappa shape index (κ2) is 10.2. The van der Waals surface area contributed by atoms with Gasteiger partial charge < -0.3 is 19.8 Å². The molecule has 5 rings (SSSR count). The van der Waals surface area contributed by atoms with Gasteiger partial charge in [-0.3, -0.25) is 9.88 Å². The van der Waals surface area contributed by atoms with Crippen molar-refractivity contribution in [1.82, 2.24) is 29.4 Å². The van der Waals surface area contributed by atoms with Crippen molar-refractivity contribution in [1.29, 1.82) is 0 Å². The zero-order valence-electron chi connectivity index (χ0n) is 19.7. The van der Waals surface area contributed by atoms with E-state index in [2.05, 4.69) is 24.8 Å². The molecule has 1 saturated heterocycles. The molecule has 10 heteroatoms. The van der Waals surface area contributed by atoms with Crippen molar-refractivity contribution in [2.75, 3.05) is 38.6 Å². The lowest BCUT2D eigenvalue weighted by atomic mass is 10.2. The summed E-state index contributed by atoms with van der Waals surface area (Å²) in [6.07, 6.45) is 5.26. The topological polar surface area (TPSA) is 104 Å². The van der Waals surface area contributed by atoms with Gasteiger partial charge in [-0.05, 0) is 56.6 Å². The molecular weight excluding hydrogens is 449 g/mol. The van der Waals surface area contributed by atoms with E-state index in [0.717, 1.165) is 37.1 Å². The third-order valence-corrected chi connectivity index (χ3v) is 5.98. The molecule has 2 N–H and O–H groups in total. The molecule has 1 aliphatic heterocycles. The van der Waals surface area contributed by atoms with E-state index in [1.807, 2.05) is 35.8 Å². The van der Waals surface area contributed by atoms with E-state index in [0.29, 0.717) is 42.3 Å². The van der Waals surface area contributed by atoms with Crippen LogP contribution in [0.1, 0.15) is 25.3 Å². The first kappa shape index (κ1) is 23.0. The van der Waals surface area contributed by atoms with E-state index in [-0.39, 0.29) is 11.8 Å². The lowest BCUT2D eigenvalue weighted by Crippen LogP contribution is -2.25. The number of nitrogens with zero attached hydrogens (tertiary/aromatic N) is 6. The summed E-state index contributed by atoms with van der Waals surface area (Å²) in [5, 5.41) is 0. The maximum absolute atomic E-state index is 14.0. The van der Waals surface area contributed by atoms with Crippen LogP contribution < -0.4 is 15.2 Å². The molecule has 1 fully saturated rings. The molecule has 3 aromatic heterocycles. The minimum absolute atomic E-state index is 0.171. The van der Waals surface area contributed by atoms with Gasteiger partial charge in [-0.1, -0.05) is 12.1 Å². The molecule has 0 aliphatic carbocycles. The SMILES string of the molecule is CCOc1nc(N)c2nc(-c3cncc(F)c3)n(Cc3ccc(OCCN4CCCC4)cc3)c2n1. The number of nitrogen functional groups attached to an aromatic ring is 1. The normalized spacial score (nSPS) is 14.0. The molecule has 4 aromatic rings. The monoisotopic (exact) mass is 477 g/mol. The summed E-state index contributed by atoms with van der Waals surface area (Å²) in [5.74, 6) is 1.06. The predicted molar refractivity (Wildman–Crippen MR) is 131 cm³/mol. The number of benzene rings is 1. The predicted octanol–water partition coefficient (Wildman–Crippen LogP) is 3.53. The third kappa shape index (κ3) is 5.17. The fourth-order valence-corrected chi connectivity index (χ4v) is 4.27. The number of ether oxygens (including phenoxy) is 2. The van der Waals surface area contributed by atoms with Crippen molar-refractivity contribution < 1.29 is 13.9 Å². The lowest BCUT2D eigenvalue weighted by Gasteiger charge is -2.15. The van der Waals surface area contributed by atoms with Crippen LogP contribution in [0, 0.1) is 5.82 Å². The van der Waals surface area contributed by atoms with Gasteiger partial charge in [-0.25, -0.2) is 9.37 Å². The number of fused-ring (bicyclic) bond motifs is 1. The van der Waals surface area contributed by atoms with E-state index in [4.69, 9.17) is 15.2 Å². The van der Waals surface area contributed by atoms with Crippen molar-refractivity contribution in [3.05, 3.63) is 54.1 Å². The van der Waals surface area contributed by atoms with Crippen LogP contribution in [0.2, 0.25) is 0 Å². The summed E-state index contributed by atoms with van der Waals surface area (Å²) in [7, 11) is 0. The second-order valence-corrected chi connectivity index (χ2v) is 8.45. The highest BCUT2D eigenvalue weighted by Gasteiger charge is 2.19. The van der Waals surface area contributed by atoms with Gasteiger partial charge in [0.05, 0.1) is 19.3 Å². The summed E-state index contributed by atoms with van der Waals surface area (Å²) in [6.45, 7) is 6.60. The molecule has 0 spiro atoms. The molecule has 9 nitrogen and oxygen atoms in total. The first-order valence-electron chi connectivity index (χ1n) is 11.8. The van der Waals surface area contributed by atoms with E-state index in [9.17, 15) is 4.39 Å². The molecule has 0 unspecified atom stereocenters. The Hall–Kier alpha value is -3.79. The van der Waals surface area contributed by atoms with Crippen LogP contribution >= 0.6 is 0 Å². The van der Waals surface area contributed by atoms with Crippen molar-refractivity contribution in [2.24, 2.45) is 0 Å². The van der Waals surface area contributed by atoms with Gasteiger partial charge in [0.2, 0.25) is 0 Å². The number of anilines is 1. The number of halogens is 1. The number of rotatable bonds is 9. The number of likely N-dealkylation sites (tertiary alicyclic amines) is 1. The van der Waals surface area contributed by atoms with Crippen molar-refractivity contribution >= 4 is 17.0 Å². The number of imidazole rings is 1. The third-order valence-electron chi connectivity index (χ3n) is 5.98. The van der Waals surface area contributed by atoms with E-state index in [1.165, 1.54) is 18.9 Å². The van der Waals surface area contributed by atoms with Crippen LogP contribution in [0.15, 0.2) is 42.7 Å². The highest BCUT2D eigenvalue weighted by atomic mass is 19.1. The van der Waals surface area contributed by atoms with Gasteiger partial charge in [0.25, 0.3) is 0 Å². The van der Waals surface area contributed by atoms with E-state index in [1.54, 1.807) is 6.20 Å². The first-order chi connectivity index (χ1) is 17.1. The highest BCUT2D eigenvalue weighted by molar-refractivity contribution is 5.85. The number of hydrogen-bond donors (Lipinski definition) is 1. The van der Waals surface area contributed by atoms with Crippen LogP contribution in [-0.4, -0.2) is 62.3 Å². The Bertz CT molecular complexity index is 1300. The fraction of sp³-hybridized carbons (Fsp3) is 0.360. The quantitative estimate of drug-likeness (QED) is 0.390. The van der Waals surface area contributed by atoms with Gasteiger partial charge in [0.15, 0.2) is 17.0 Å². The summed E-state index contributed by atoms with van der Waals surface area (Å²) in [6, 6.07) is 9.46. The smallest absolute Gasteiger partial charge is 0.320 e. The maximum atomic E-state index is 14.0. The highest BCUT2D eigenvalue weighted by Crippen LogP contribution is 2.29. The number of aromatic nitrogens is 5. The molecule has 0 atom stereocenters. The lowest BCUT2D eigenvalue weighted by molar-refractivity contribution is 0.238. The van der Waals surface area contributed by atoms with Gasteiger partial charge >= 0.3 is 6.01 Å². The Labute approximate surface area is 202 Å². The fourth-order valence-electron chi connectivity index (χ4n) is 4.27. The van der Waals surface area contributed by atoms with Crippen LogP contribution in [0.4, 0.5) is 10.2 Å². The molecule has 4 heterocycles. The summed E-state index contributed by atoms with van der Waals surface area (Å²) >= 11 is 0. The average molecular weight is 478 g/mol. The molecule has 0 radical (unpaired) electrons. The summed E-state index contributed by atoms with van der Waals surface area (Å²) < 4.78 is 27.3. The minimum Gasteiger partial charge on any atom is -0.492 e. The average Bonchev–Trinajstić information content (AvgIpc) is 3.49. The molecular formula is C25H28FN7O2. The maximum Gasteiger partial charge on any atom is 0.320 e. The Morgan fingerprint density at radius 3 is 2.57 bits per heavy atom. The zero-order chi connectivity index (χ0) is 24.2. The van der Waals surface area contributed by atoms with Crippen molar-refractivity contribution in [3.8, 4) is 23.1 Å². The molecule has 182 valence electrons. The van der Waals surface area contributed by atoms with Gasteiger partial charge in [0.1, 0.15) is 24.0 Å². The first-order valence-corrected chi connectivity index (χ1v) is 11.8. The Balaban J connectivity index is 1.43. The molecule has 0 saturated carbocycles. The second-order valence-electron chi connectivity index (χ2n) is 8.45. The Morgan fingerprint density at radius 2 is 1.83 bits per heavy atom. The van der Waals surface area contributed by atoms with E-state index < -0.39 is 5.82 Å². The van der Waals surface area contributed by atoms with Crippen LogP contribution in [-0.2, 0) is 6.54 Å². The number of nitrogens with two attached hydrogens (primary N) is 1. The Kier molecular flexibility index (Phi) is 6.71. The largest absolute Gasteiger partial charge is 0.492 e. The van der Waals surface area contributed by atoms with Gasteiger partial charge in [0, 0.05) is 18.3 Å². The summed E-state index contributed by atoms with van der Waals surface area (Å²) in [4.78, 5) is 19.8. The minimum atomic E-state index is -0.453. The van der Waals surface area contributed by atoms with Gasteiger partial charge in [-0.2, -0.15) is 9.97 Å². The van der Waals surface area contributed by atoms with Crippen LogP contribution in [0.5, 0.6) is 11.8 Å². The Morgan fingerprint density at radius 1 is 1.03 bits per heavy atom. The molecule has 1 aliphatic rings. The standard InChI is InChI=1S/C25H28FN7O2/c1-2-34-25-30-22(27)21-24(31-25)33(23(29-21)18-13-19(26)15-28-14-18)16-17-5-7-20(8-6-17)35-12-11-32-9-3-4-10-32/h5-8,13-15H,2-4,9-12,16H2,1H3,(H2,27,30,31). The molecule has 0 amide bonds. The van der Waals surface area contributed by atoms with E-state index >= 15 is 0 Å². The molecule has 35 heavy (non-hydrogen) atoms.